The highest BCUT2D eigenvalue weighted by Crippen LogP contribution is 2.32. The number of benzene rings is 2. The molecular weight excluding hydrogens is 456 g/mol. The zero-order valence-corrected chi connectivity index (χ0v) is 20.0. The summed E-state index contributed by atoms with van der Waals surface area (Å²) in [6, 6.07) is 11.4. The van der Waals surface area contributed by atoms with E-state index in [0.717, 1.165) is 36.6 Å². The molecule has 31 heavy (non-hydrogen) atoms. The number of alkyl halides is 1. The second-order valence-corrected chi connectivity index (χ2v) is 8.50. The molecule has 5 heteroatoms. The Bertz CT molecular complexity index is 1060. The van der Waals surface area contributed by atoms with Crippen LogP contribution in [0.25, 0.3) is 11.0 Å². The molecule has 0 atom stereocenters. The van der Waals surface area contributed by atoms with Gasteiger partial charge in [0.2, 0.25) is 0 Å². The number of carbonyl (C=O) groups excluding carboxylic acids is 2. The van der Waals surface area contributed by atoms with Gasteiger partial charge in [-0.2, -0.15) is 0 Å². The SMILES string of the molecule is CCCCc1oc2cc(C)c(C(=O)OCC)cc2c1C(=O)c1ccc(CCCBr)cc1. The van der Waals surface area contributed by atoms with Crippen LogP contribution >= 0.6 is 15.9 Å². The van der Waals surface area contributed by atoms with Gasteiger partial charge in [0.05, 0.1) is 17.7 Å². The number of carbonyl (C=O) groups is 2. The minimum Gasteiger partial charge on any atom is -0.462 e. The van der Waals surface area contributed by atoms with Gasteiger partial charge in [-0.1, -0.05) is 53.5 Å². The third-order valence-electron chi connectivity index (χ3n) is 5.40. The Balaban J connectivity index is 2.07. The molecule has 164 valence electrons. The average molecular weight is 485 g/mol. The molecule has 3 rings (SSSR count). The van der Waals surface area contributed by atoms with Crippen LogP contribution in [0.4, 0.5) is 0 Å². The van der Waals surface area contributed by atoms with Crippen LogP contribution in [-0.4, -0.2) is 23.7 Å². The zero-order valence-electron chi connectivity index (χ0n) is 18.4. The molecular formula is C26H29BrO4. The number of unbranched alkanes of at least 4 members (excludes halogenated alkanes) is 1. The van der Waals surface area contributed by atoms with E-state index in [1.165, 1.54) is 5.56 Å². The molecule has 0 aliphatic rings. The van der Waals surface area contributed by atoms with Gasteiger partial charge in [0.25, 0.3) is 0 Å². The molecule has 0 spiro atoms. The van der Waals surface area contributed by atoms with Crippen LogP contribution in [0.5, 0.6) is 0 Å². The van der Waals surface area contributed by atoms with Crippen molar-refractivity contribution in [3.05, 3.63) is 70.0 Å². The van der Waals surface area contributed by atoms with Gasteiger partial charge in [0.1, 0.15) is 11.3 Å². The summed E-state index contributed by atoms with van der Waals surface area (Å²) in [5.41, 5.74) is 4.27. The molecule has 0 saturated heterocycles. The van der Waals surface area contributed by atoms with Crippen molar-refractivity contribution < 1.29 is 18.7 Å². The first-order chi connectivity index (χ1) is 15.0. The molecule has 3 aromatic rings. The lowest BCUT2D eigenvalue weighted by atomic mass is 9.95. The second kappa shape index (κ2) is 10.8. The molecule has 0 aliphatic carbocycles. The van der Waals surface area contributed by atoms with Crippen LogP contribution < -0.4 is 0 Å². The van der Waals surface area contributed by atoms with E-state index < -0.39 is 0 Å². The topological polar surface area (TPSA) is 56.5 Å². The Kier molecular flexibility index (Phi) is 8.08. The van der Waals surface area contributed by atoms with Crippen molar-refractivity contribution in [3.8, 4) is 0 Å². The first kappa shape index (κ1) is 23.3. The summed E-state index contributed by atoms with van der Waals surface area (Å²) < 4.78 is 11.3. The van der Waals surface area contributed by atoms with Crippen molar-refractivity contribution in [1.82, 2.24) is 0 Å². The van der Waals surface area contributed by atoms with E-state index in [1.54, 1.807) is 13.0 Å². The smallest absolute Gasteiger partial charge is 0.338 e. The largest absolute Gasteiger partial charge is 0.462 e. The summed E-state index contributed by atoms with van der Waals surface area (Å²) in [6.45, 7) is 6.05. The number of furan rings is 1. The first-order valence-corrected chi connectivity index (χ1v) is 12.0. The van der Waals surface area contributed by atoms with E-state index in [1.807, 2.05) is 37.3 Å². The summed E-state index contributed by atoms with van der Waals surface area (Å²) in [5, 5.41) is 1.63. The predicted octanol–water partition coefficient (Wildman–Crippen LogP) is 6.82. The molecule has 4 nitrogen and oxygen atoms in total. The van der Waals surface area contributed by atoms with Gasteiger partial charge in [-0.3, -0.25) is 4.79 Å². The highest BCUT2D eigenvalue weighted by molar-refractivity contribution is 9.09. The molecule has 1 heterocycles. The van der Waals surface area contributed by atoms with Gasteiger partial charge in [0.15, 0.2) is 5.78 Å². The third kappa shape index (κ3) is 5.27. The minimum atomic E-state index is -0.382. The Morgan fingerprint density at radius 2 is 1.77 bits per heavy atom. The van der Waals surface area contributed by atoms with Crippen molar-refractivity contribution in [2.75, 3.05) is 11.9 Å². The van der Waals surface area contributed by atoms with Gasteiger partial charge in [0, 0.05) is 22.7 Å². The number of esters is 1. The van der Waals surface area contributed by atoms with E-state index in [4.69, 9.17) is 9.15 Å². The van der Waals surface area contributed by atoms with Gasteiger partial charge < -0.3 is 9.15 Å². The van der Waals surface area contributed by atoms with Crippen molar-refractivity contribution in [2.24, 2.45) is 0 Å². The van der Waals surface area contributed by atoms with Crippen molar-refractivity contribution in [1.29, 1.82) is 0 Å². The summed E-state index contributed by atoms with van der Waals surface area (Å²) in [4.78, 5) is 26.0. The maximum atomic E-state index is 13.5. The predicted molar refractivity (Wildman–Crippen MR) is 128 cm³/mol. The van der Waals surface area contributed by atoms with Crippen LogP contribution in [0, 0.1) is 6.92 Å². The number of ether oxygens (including phenoxy) is 1. The molecule has 0 radical (unpaired) electrons. The summed E-state index contributed by atoms with van der Waals surface area (Å²) >= 11 is 3.46. The van der Waals surface area contributed by atoms with E-state index in [-0.39, 0.29) is 11.8 Å². The monoisotopic (exact) mass is 484 g/mol. The standard InChI is InChI=1S/C26H29BrO4/c1-4-6-9-22-24(25(28)19-12-10-18(11-13-19)8-7-14-27)21-16-20(26(29)30-5-2)17(3)15-23(21)31-22/h10-13,15-16H,4-9,14H2,1-3H3. The first-order valence-electron chi connectivity index (χ1n) is 10.9. The van der Waals surface area contributed by atoms with Crippen LogP contribution in [0.1, 0.15) is 76.3 Å². The maximum absolute atomic E-state index is 13.5. The highest BCUT2D eigenvalue weighted by atomic mass is 79.9. The molecule has 0 bridgehead atoms. The molecule has 0 amide bonds. The number of hydrogen-bond donors (Lipinski definition) is 0. The fraction of sp³-hybridized carbons (Fsp3) is 0.385. The molecule has 2 aromatic carbocycles. The summed E-state index contributed by atoms with van der Waals surface area (Å²) in [6.07, 6.45) is 4.63. The number of aryl methyl sites for hydroxylation is 3. The molecule has 1 aromatic heterocycles. The van der Waals surface area contributed by atoms with Crippen molar-refractivity contribution in [2.45, 2.75) is 52.9 Å². The van der Waals surface area contributed by atoms with Crippen molar-refractivity contribution in [3.63, 3.8) is 0 Å². The van der Waals surface area contributed by atoms with Crippen LogP contribution in [0.15, 0.2) is 40.8 Å². The third-order valence-corrected chi connectivity index (χ3v) is 5.96. The lowest BCUT2D eigenvalue weighted by molar-refractivity contribution is 0.0525. The van der Waals surface area contributed by atoms with Gasteiger partial charge in [-0.05, 0) is 56.4 Å². The number of hydrogen-bond acceptors (Lipinski definition) is 4. The van der Waals surface area contributed by atoms with Gasteiger partial charge in [-0.15, -0.1) is 0 Å². The quantitative estimate of drug-likeness (QED) is 0.180. The maximum Gasteiger partial charge on any atom is 0.338 e. The van der Waals surface area contributed by atoms with Gasteiger partial charge >= 0.3 is 5.97 Å². The molecule has 0 saturated carbocycles. The zero-order chi connectivity index (χ0) is 22.4. The van der Waals surface area contributed by atoms with Crippen molar-refractivity contribution >= 4 is 38.7 Å². The Morgan fingerprint density at radius 1 is 1.03 bits per heavy atom. The average Bonchev–Trinajstić information content (AvgIpc) is 3.12. The lowest BCUT2D eigenvalue weighted by Crippen LogP contribution is -2.08. The number of rotatable bonds is 10. The van der Waals surface area contributed by atoms with E-state index >= 15 is 0 Å². The van der Waals surface area contributed by atoms with E-state index in [2.05, 4.69) is 22.9 Å². The van der Waals surface area contributed by atoms with Crippen LogP contribution in [0.3, 0.4) is 0 Å². The lowest BCUT2D eigenvalue weighted by Gasteiger charge is -2.07. The van der Waals surface area contributed by atoms with Gasteiger partial charge in [-0.25, -0.2) is 4.79 Å². The van der Waals surface area contributed by atoms with Crippen LogP contribution in [0.2, 0.25) is 0 Å². The number of halogens is 1. The normalized spacial score (nSPS) is 11.1. The summed E-state index contributed by atoms with van der Waals surface area (Å²) in [7, 11) is 0. The summed E-state index contributed by atoms with van der Waals surface area (Å²) in [5.74, 6) is 0.230. The number of ketones is 1. The molecule has 0 N–H and O–H groups in total. The molecule has 0 aliphatic heterocycles. The second-order valence-electron chi connectivity index (χ2n) is 7.71. The Morgan fingerprint density at radius 3 is 2.42 bits per heavy atom. The fourth-order valence-electron chi connectivity index (χ4n) is 3.72. The Labute approximate surface area is 192 Å². The van der Waals surface area contributed by atoms with E-state index in [0.29, 0.717) is 46.4 Å². The number of fused-ring (bicyclic) bond motifs is 1. The minimum absolute atomic E-state index is 0.0736. The Hall–Kier alpha value is -2.40. The molecule has 0 fully saturated rings. The highest BCUT2D eigenvalue weighted by Gasteiger charge is 2.24. The molecule has 0 unspecified atom stereocenters. The van der Waals surface area contributed by atoms with Crippen LogP contribution in [-0.2, 0) is 17.6 Å². The fourth-order valence-corrected chi connectivity index (χ4v) is 4.00. The van der Waals surface area contributed by atoms with E-state index in [9.17, 15) is 9.59 Å².